The van der Waals surface area contributed by atoms with Gasteiger partial charge in [-0.25, -0.2) is 51.1 Å². The monoisotopic (exact) mass is 1210 g/mol. The van der Waals surface area contributed by atoms with Crippen LogP contribution in [0.1, 0.15) is 38.4 Å². The SMILES string of the molecule is CCCCS(=O)(=O)NC[C@H]1[C@@H](O)[C@H]([n+]2cn(C)c3c(=O)[nH]c(N)nc32)O[C@@H]1COP(=O)(O)OP(=O)(O)OP(=O)(O)OC[C@H]1O[C@@H](n2cnc3c(N)ncnc32)[C@H](OC)[C@@H]1[P+](=O)OC[C@H]1O[C@@H](n2ccc(=O)[nH]c2=O)[C@H](O)[C@@H]1O. The quantitative estimate of drug-likeness (QED) is 0.0213. The first-order chi connectivity index (χ1) is 36.6. The first-order valence-electron chi connectivity index (χ1n) is 22.9. The van der Waals surface area contributed by atoms with E-state index < -0.39 is 158 Å². The highest BCUT2D eigenvalue weighted by atomic mass is 32.2. The molecule has 0 amide bonds. The Morgan fingerprint density at radius 1 is 0.885 bits per heavy atom. The van der Waals surface area contributed by atoms with Gasteiger partial charge in [-0.1, -0.05) is 18.3 Å². The van der Waals surface area contributed by atoms with Crippen LogP contribution in [-0.2, 0) is 76.5 Å². The van der Waals surface area contributed by atoms with Gasteiger partial charge in [-0.3, -0.25) is 42.3 Å². The molecule has 37 nitrogen and oxygen atoms in total. The Morgan fingerprint density at radius 3 is 2.23 bits per heavy atom. The number of phosphoric ester groups is 2. The number of imidazole rings is 2. The fraction of sp³-hybridized carbons (Fsp3) is 0.611. The maximum Gasteiger partial charge on any atom is 0.517 e. The number of phosphoric acid groups is 3. The van der Waals surface area contributed by atoms with Gasteiger partial charge in [0.25, 0.3) is 17.1 Å². The number of nitrogens with two attached hydrogens (primary N) is 2. The number of hydrogen-bond acceptors (Lipinski definition) is 27. The van der Waals surface area contributed by atoms with E-state index in [1.165, 1.54) is 33.4 Å². The van der Waals surface area contributed by atoms with E-state index in [4.69, 9.17) is 44.0 Å². The Bertz CT molecular complexity index is 3490. The summed E-state index contributed by atoms with van der Waals surface area (Å²) in [5, 5.41) is 33.0. The Balaban J connectivity index is 0.957. The standard InChI is InChI=1S/C36H51N13O24P4S/c1-4-5-8-78(63,64)42-9-16-17(69-32(23(16)51)49-15-46(2)22-30(49)44-35(38)45-31(22)54)11-67-75(57,58)72-77(61,62)73-76(59,60)68-12-19-27(26(65-3)34(71-19)48-14-41-21-28(37)39-13-40-29(21)48)74(56)66-10-18-24(52)25(53)33(70-18)47-7-6-20(50)43-36(47)55/h6-7,13-19,23-27,32-34,42,51-53H,4-5,8-12H2,1-3H3,(H7-2,37,38,39,40,43,44,45,50,54,55,57,58,59,60,61,62)/p+2/t16-,17-,18-,19-,23-,24-,25-,26-,27-,32-,33-,34-/m1/s1. The molecule has 5 aromatic rings. The Hall–Kier alpha value is -4.72. The number of nitrogen functional groups attached to an aromatic ring is 2. The van der Waals surface area contributed by atoms with E-state index in [9.17, 15) is 71.1 Å². The predicted octanol–water partition coefficient (Wildman–Crippen LogP) is -3.28. The van der Waals surface area contributed by atoms with Crippen LogP contribution in [0.5, 0.6) is 0 Å². The number of unbranched alkanes of at least 4 members (excludes halogenated alkanes) is 1. The average Bonchev–Trinajstić information content (AvgIpc) is 4.24. The highest BCUT2D eigenvalue weighted by Crippen LogP contribution is 2.68. The first kappa shape index (κ1) is 59.4. The molecule has 3 aliphatic rings. The number of nitrogens with zero attached hydrogens (tertiary/aromatic N) is 8. The molecule has 5 aromatic heterocycles. The van der Waals surface area contributed by atoms with Crippen LogP contribution in [-0.4, -0.2) is 170 Å². The molecule has 0 radical (unpaired) electrons. The van der Waals surface area contributed by atoms with E-state index >= 15 is 0 Å². The third kappa shape index (κ3) is 12.9. The molecule has 13 N–H and O–H groups in total. The molecule has 0 spiro atoms. The smallest absolute Gasteiger partial charge is 0.387 e. The molecule has 42 heteroatoms. The molecule has 4 unspecified atom stereocenters. The number of methoxy groups -OCH3 is 1. The normalized spacial score (nSPS) is 29.2. The molecule has 16 atom stereocenters. The van der Waals surface area contributed by atoms with Gasteiger partial charge in [0.05, 0.1) is 38.4 Å². The second kappa shape index (κ2) is 23.4. The van der Waals surface area contributed by atoms with Crippen LogP contribution < -0.4 is 37.6 Å². The maximum atomic E-state index is 14.2. The maximum absolute atomic E-state index is 14.2. The van der Waals surface area contributed by atoms with Gasteiger partial charge in [0.15, 0.2) is 36.4 Å². The van der Waals surface area contributed by atoms with Gasteiger partial charge >= 0.3 is 42.8 Å². The number of hydrogen-bond donors (Lipinski definition) is 11. The molecule has 0 bridgehead atoms. The van der Waals surface area contributed by atoms with Crippen molar-refractivity contribution < 1.29 is 102 Å². The number of nitrogens with one attached hydrogen (secondary N) is 3. The summed E-state index contributed by atoms with van der Waals surface area (Å²) in [5.41, 5.74) is 7.73. The number of aliphatic hydroxyl groups is 3. The van der Waals surface area contributed by atoms with Crippen molar-refractivity contribution in [2.24, 2.45) is 13.0 Å². The number of H-pyrrole nitrogens is 2. The highest BCUT2D eigenvalue weighted by Gasteiger charge is 2.60. The second-order valence-electron chi connectivity index (χ2n) is 17.6. The van der Waals surface area contributed by atoms with E-state index in [0.29, 0.717) is 6.42 Å². The zero-order valence-electron chi connectivity index (χ0n) is 40.7. The second-order valence-corrected chi connectivity index (χ2v) is 25.6. The number of aliphatic hydroxyl groups excluding tert-OH is 3. The third-order valence-electron chi connectivity index (χ3n) is 12.4. The largest absolute Gasteiger partial charge is 0.517 e. The van der Waals surface area contributed by atoms with Crippen LogP contribution in [0.2, 0.25) is 0 Å². The molecule has 0 saturated carbocycles. The number of aromatic amines is 2. The van der Waals surface area contributed by atoms with Crippen LogP contribution in [0.15, 0.2) is 45.6 Å². The molecule has 0 aromatic carbocycles. The number of fused-ring (bicyclic) bond motifs is 2. The minimum atomic E-state index is -6.23. The fourth-order valence-corrected chi connectivity index (χ4v) is 15.0. The molecule has 78 heavy (non-hydrogen) atoms. The van der Waals surface area contributed by atoms with E-state index in [2.05, 4.69) is 38.3 Å². The summed E-state index contributed by atoms with van der Waals surface area (Å²) < 4.78 is 134. The third-order valence-corrected chi connectivity index (χ3v) is 19.6. The predicted molar refractivity (Wildman–Crippen MR) is 259 cm³/mol. The number of aromatic nitrogens is 10. The number of rotatable bonds is 24. The molecule has 0 aliphatic carbocycles. The number of anilines is 2. The zero-order valence-corrected chi connectivity index (χ0v) is 45.1. The molecule has 3 saturated heterocycles. The number of sulfonamides is 1. The molecule has 8 heterocycles. The van der Waals surface area contributed by atoms with Gasteiger partial charge < -0.3 is 60.4 Å². The van der Waals surface area contributed by atoms with E-state index in [1.54, 1.807) is 6.92 Å². The number of aryl methyl sites for hydroxylation is 1. The van der Waals surface area contributed by atoms with E-state index in [1.807, 2.05) is 4.98 Å². The Morgan fingerprint density at radius 2 is 1.56 bits per heavy atom. The van der Waals surface area contributed by atoms with Gasteiger partial charge in [-0.15, -0.1) is 4.52 Å². The molecular formula is C36H53N13O24P4S+2. The van der Waals surface area contributed by atoms with Gasteiger partial charge in [0.1, 0.15) is 49.0 Å². The lowest BCUT2D eigenvalue weighted by molar-refractivity contribution is -0.745. The van der Waals surface area contributed by atoms with Crippen molar-refractivity contribution in [2.75, 3.05) is 50.7 Å². The minimum absolute atomic E-state index is 0.0306. The van der Waals surface area contributed by atoms with Crippen LogP contribution in [0, 0.1) is 5.92 Å². The van der Waals surface area contributed by atoms with Crippen molar-refractivity contribution in [3.63, 3.8) is 0 Å². The zero-order chi connectivity index (χ0) is 56.8. The van der Waals surface area contributed by atoms with Crippen LogP contribution in [0.3, 0.4) is 0 Å². The summed E-state index contributed by atoms with van der Waals surface area (Å²) in [7, 11) is -22.6. The topological polar surface area (TPSA) is 524 Å². The van der Waals surface area contributed by atoms with Crippen molar-refractivity contribution in [1.82, 2.24) is 48.3 Å². The van der Waals surface area contributed by atoms with Gasteiger partial charge in [0.2, 0.25) is 27.4 Å². The fourth-order valence-electron chi connectivity index (χ4n) is 8.78. The van der Waals surface area contributed by atoms with Crippen LogP contribution in [0.4, 0.5) is 11.8 Å². The number of ether oxygens (including phenoxy) is 4. The lowest BCUT2D eigenvalue weighted by Crippen LogP contribution is -2.46. The van der Waals surface area contributed by atoms with Gasteiger partial charge in [-0.05, 0) is 11.0 Å². The summed E-state index contributed by atoms with van der Waals surface area (Å²) in [6.07, 6.45) is -10.4. The van der Waals surface area contributed by atoms with Gasteiger partial charge in [-0.2, -0.15) is 8.62 Å². The Labute approximate surface area is 438 Å². The van der Waals surface area contributed by atoms with Crippen molar-refractivity contribution in [3.05, 3.63) is 62.4 Å². The van der Waals surface area contributed by atoms with Crippen molar-refractivity contribution >= 4 is 75.6 Å². The van der Waals surface area contributed by atoms with Crippen molar-refractivity contribution in [3.8, 4) is 0 Å². The van der Waals surface area contributed by atoms with Gasteiger partial charge in [0, 0.05) is 31.8 Å². The Kier molecular flexibility index (Phi) is 17.8. The minimum Gasteiger partial charge on any atom is -0.387 e. The molecule has 430 valence electrons. The average molecular weight is 1210 g/mol. The molecule has 3 fully saturated rings. The summed E-state index contributed by atoms with van der Waals surface area (Å²) in [6, 6.07) is 0.954. The van der Waals surface area contributed by atoms with Crippen LogP contribution in [0.25, 0.3) is 22.3 Å². The summed E-state index contributed by atoms with van der Waals surface area (Å²) >= 11 is 0. The molecule has 8 rings (SSSR count). The van der Waals surface area contributed by atoms with Crippen LogP contribution >= 0.6 is 31.5 Å². The van der Waals surface area contributed by atoms with Crippen molar-refractivity contribution in [1.29, 1.82) is 0 Å². The summed E-state index contributed by atoms with van der Waals surface area (Å²) in [6.45, 7) is -1.85. The first-order valence-corrected chi connectivity index (χ1v) is 30.3. The summed E-state index contributed by atoms with van der Waals surface area (Å²) in [4.78, 5) is 89.2. The lowest BCUT2D eigenvalue weighted by Gasteiger charge is -2.22. The summed E-state index contributed by atoms with van der Waals surface area (Å²) in [5.74, 6) is -2.01. The van der Waals surface area contributed by atoms with E-state index in [0.717, 1.165) is 30.3 Å². The van der Waals surface area contributed by atoms with Crippen molar-refractivity contribution in [2.45, 2.75) is 86.8 Å². The lowest BCUT2D eigenvalue weighted by atomic mass is 9.98. The molecular weight excluding hydrogens is 1150 g/mol. The molecule has 3 aliphatic heterocycles. The highest BCUT2D eigenvalue weighted by molar-refractivity contribution is 7.89. The van der Waals surface area contributed by atoms with E-state index in [-0.39, 0.29) is 46.3 Å².